The Hall–Kier alpha value is -1.38. The van der Waals surface area contributed by atoms with Crippen molar-refractivity contribution in [2.75, 3.05) is 37.7 Å². The van der Waals surface area contributed by atoms with Crippen LogP contribution in [0.25, 0.3) is 10.9 Å². The summed E-state index contributed by atoms with van der Waals surface area (Å²) >= 11 is 3.72. The van der Waals surface area contributed by atoms with Gasteiger partial charge in [0.15, 0.2) is 0 Å². The fourth-order valence-electron chi connectivity index (χ4n) is 3.54. The summed E-state index contributed by atoms with van der Waals surface area (Å²) < 4.78 is 6.09. The van der Waals surface area contributed by atoms with Gasteiger partial charge >= 0.3 is 0 Å². The molecule has 1 amide bonds. The molecule has 1 saturated heterocycles. The Morgan fingerprint density at radius 2 is 1.93 bits per heavy atom. The summed E-state index contributed by atoms with van der Waals surface area (Å²) in [6, 6.07) is 5.45. The highest BCUT2D eigenvalue weighted by Crippen LogP contribution is 2.34. The van der Waals surface area contributed by atoms with Crippen LogP contribution < -0.4 is 4.90 Å². The molecule has 29 heavy (non-hydrogen) atoms. The van der Waals surface area contributed by atoms with Crippen molar-refractivity contribution in [1.29, 1.82) is 0 Å². The van der Waals surface area contributed by atoms with E-state index < -0.39 is 8.07 Å². The van der Waals surface area contributed by atoms with Crippen LogP contribution in [0.5, 0.6) is 0 Å². The second-order valence-electron chi connectivity index (χ2n) is 9.34. The molecule has 1 aliphatic heterocycles. The van der Waals surface area contributed by atoms with E-state index in [0.717, 1.165) is 61.0 Å². The highest BCUT2D eigenvalue weighted by atomic mass is 79.9. The number of H-pyrrole nitrogens is 1. The number of aromatic amines is 1. The monoisotopic (exact) mass is 480 g/mol. The number of anilines is 1. The van der Waals surface area contributed by atoms with E-state index in [2.05, 4.69) is 62.8 Å². The van der Waals surface area contributed by atoms with Crippen molar-refractivity contribution in [3.63, 3.8) is 0 Å². The zero-order valence-electron chi connectivity index (χ0n) is 18.2. The Morgan fingerprint density at radius 1 is 1.24 bits per heavy atom. The lowest BCUT2D eigenvalue weighted by molar-refractivity contribution is -0.134. The third-order valence-electron chi connectivity index (χ3n) is 5.36. The van der Waals surface area contributed by atoms with Crippen molar-refractivity contribution in [2.45, 2.75) is 44.5 Å². The topological polar surface area (TPSA) is 61.5 Å². The van der Waals surface area contributed by atoms with Crippen LogP contribution in [0.4, 0.5) is 5.69 Å². The zero-order chi connectivity index (χ0) is 21.2. The standard InChI is InChI=1S/C21H33BrN4O2Si/c1-15(2)21(27)26-8-6-25(7-9-26)19-13-16(12-18-17(19)14-23-24-18)20(22)28-10-11-29(3,4)5/h12-15,20H,6-11H2,1-5H3,(H,23,24). The fourth-order valence-corrected chi connectivity index (χ4v) is 4.73. The minimum Gasteiger partial charge on any atom is -0.367 e. The molecule has 1 fully saturated rings. The Morgan fingerprint density at radius 3 is 2.55 bits per heavy atom. The van der Waals surface area contributed by atoms with Gasteiger partial charge < -0.3 is 14.5 Å². The molecule has 2 aromatic rings. The quantitative estimate of drug-likeness (QED) is 0.463. The van der Waals surface area contributed by atoms with Crippen LogP contribution in [0.2, 0.25) is 25.7 Å². The number of aromatic nitrogens is 2. The summed E-state index contributed by atoms with van der Waals surface area (Å²) in [5.41, 5.74) is 3.26. The number of nitrogens with one attached hydrogen (secondary N) is 1. The molecule has 1 aromatic heterocycles. The minimum absolute atomic E-state index is 0.0490. The van der Waals surface area contributed by atoms with E-state index >= 15 is 0 Å². The molecule has 6 nitrogen and oxygen atoms in total. The van der Waals surface area contributed by atoms with Gasteiger partial charge in [0.05, 0.1) is 11.7 Å². The molecule has 8 heteroatoms. The molecule has 1 unspecified atom stereocenters. The lowest BCUT2D eigenvalue weighted by Crippen LogP contribution is -2.50. The molecule has 0 radical (unpaired) electrons. The van der Waals surface area contributed by atoms with E-state index in [9.17, 15) is 4.79 Å². The highest BCUT2D eigenvalue weighted by molar-refractivity contribution is 9.09. The number of piperazine rings is 1. The first-order valence-corrected chi connectivity index (χ1v) is 15.0. The van der Waals surface area contributed by atoms with Crippen molar-refractivity contribution in [3.8, 4) is 0 Å². The van der Waals surface area contributed by atoms with E-state index in [1.165, 1.54) is 0 Å². The van der Waals surface area contributed by atoms with Gasteiger partial charge in [-0.2, -0.15) is 5.10 Å². The molecule has 3 rings (SSSR count). The molecule has 1 aromatic carbocycles. The first-order chi connectivity index (χ1) is 13.7. The molecule has 1 aliphatic rings. The largest absolute Gasteiger partial charge is 0.367 e. The van der Waals surface area contributed by atoms with Crippen molar-refractivity contribution in [2.24, 2.45) is 5.92 Å². The second kappa shape index (κ2) is 9.18. The first-order valence-electron chi connectivity index (χ1n) is 10.4. The van der Waals surface area contributed by atoms with Crippen LogP contribution in [0.1, 0.15) is 24.4 Å². The van der Waals surface area contributed by atoms with Crippen LogP contribution in [-0.2, 0) is 9.53 Å². The van der Waals surface area contributed by atoms with Gasteiger partial charge in [-0.05, 0) is 23.7 Å². The number of carbonyl (C=O) groups is 1. The van der Waals surface area contributed by atoms with E-state index in [-0.39, 0.29) is 16.8 Å². The molecule has 0 bridgehead atoms. The van der Waals surface area contributed by atoms with Crippen molar-refractivity contribution in [1.82, 2.24) is 15.1 Å². The zero-order valence-corrected chi connectivity index (χ0v) is 20.8. The summed E-state index contributed by atoms with van der Waals surface area (Å²) in [4.78, 5) is 16.6. The molecule has 0 spiro atoms. The van der Waals surface area contributed by atoms with Crippen LogP contribution in [0.15, 0.2) is 18.3 Å². The third-order valence-corrected chi connectivity index (χ3v) is 7.86. The Kier molecular flexibility index (Phi) is 7.06. The summed E-state index contributed by atoms with van der Waals surface area (Å²) in [6.07, 6.45) is 1.88. The molecular formula is C21H33BrN4O2Si. The number of ether oxygens (including phenoxy) is 1. The predicted molar refractivity (Wildman–Crippen MR) is 125 cm³/mol. The smallest absolute Gasteiger partial charge is 0.225 e. The van der Waals surface area contributed by atoms with Gasteiger partial charge in [0.1, 0.15) is 5.01 Å². The number of benzene rings is 1. The number of nitrogens with zero attached hydrogens (tertiary/aromatic N) is 3. The van der Waals surface area contributed by atoms with Crippen LogP contribution in [0.3, 0.4) is 0 Å². The Balaban J connectivity index is 1.75. The summed E-state index contributed by atoms with van der Waals surface area (Å²) in [5, 5.41) is 8.32. The number of hydrogen-bond donors (Lipinski definition) is 1. The highest BCUT2D eigenvalue weighted by Gasteiger charge is 2.25. The van der Waals surface area contributed by atoms with Crippen molar-refractivity contribution in [3.05, 3.63) is 23.9 Å². The lowest BCUT2D eigenvalue weighted by Gasteiger charge is -2.37. The Labute approximate surface area is 183 Å². The van der Waals surface area contributed by atoms with E-state index in [1.807, 2.05) is 24.9 Å². The first kappa shape index (κ1) is 22.3. The second-order valence-corrected chi connectivity index (χ2v) is 15.8. The van der Waals surface area contributed by atoms with Gasteiger partial charge in [-0.25, -0.2) is 0 Å². The lowest BCUT2D eigenvalue weighted by atomic mass is 10.1. The number of alkyl halides is 1. The SMILES string of the molecule is CC(C)C(=O)N1CCN(c2cc(C(Br)OCC[Si](C)(C)C)cc3[nH]ncc23)CC1. The van der Waals surface area contributed by atoms with Crippen molar-refractivity contribution < 1.29 is 9.53 Å². The van der Waals surface area contributed by atoms with E-state index in [4.69, 9.17) is 4.74 Å². The van der Waals surface area contributed by atoms with E-state index in [1.54, 1.807) is 0 Å². The normalized spacial score (nSPS) is 16.7. The summed E-state index contributed by atoms with van der Waals surface area (Å²) in [5.74, 6) is 0.288. The Bertz CT molecular complexity index is 841. The molecule has 0 saturated carbocycles. The number of halogens is 1. The maximum atomic E-state index is 12.3. The average molecular weight is 482 g/mol. The van der Waals surface area contributed by atoms with Gasteiger partial charge in [-0.1, -0.05) is 49.4 Å². The predicted octanol–water partition coefficient (Wildman–Crippen LogP) is 4.62. The molecule has 160 valence electrons. The number of rotatable bonds is 7. The molecule has 0 aliphatic carbocycles. The van der Waals surface area contributed by atoms with Crippen molar-refractivity contribution >= 4 is 46.5 Å². The number of amides is 1. The van der Waals surface area contributed by atoms with Crippen LogP contribution in [0, 0.1) is 5.92 Å². The van der Waals surface area contributed by atoms with E-state index in [0.29, 0.717) is 0 Å². The average Bonchev–Trinajstić information content (AvgIpc) is 3.14. The molecule has 2 heterocycles. The van der Waals surface area contributed by atoms with Crippen LogP contribution >= 0.6 is 15.9 Å². The number of hydrogen-bond acceptors (Lipinski definition) is 4. The third kappa shape index (κ3) is 5.61. The fraction of sp³-hybridized carbons (Fsp3) is 0.619. The minimum atomic E-state index is -1.12. The molecule has 1 atom stereocenters. The van der Waals surface area contributed by atoms with Crippen LogP contribution in [-0.4, -0.2) is 61.9 Å². The summed E-state index contributed by atoms with van der Waals surface area (Å²) in [7, 11) is -1.12. The van der Waals surface area contributed by atoms with Gasteiger partial charge in [0.25, 0.3) is 0 Å². The van der Waals surface area contributed by atoms with Gasteiger partial charge in [-0.3, -0.25) is 9.89 Å². The van der Waals surface area contributed by atoms with Gasteiger partial charge in [0, 0.05) is 57.9 Å². The molecule has 1 N–H and O–H groups in total. The summed E-state index contributed by atoms with van der Waals surface area (Å²) in [6.45, 7) is 14.9. The number of fused-ring (bicyclic) bond motifs is 1. The maximum Gasteiger partial charge on any atom is 0.225 e. The molecular weight excluding hydrogens is 448 g/mol. The number of carbonyl (C=O) groups excluding carboxylic acids is 1. The van der Waals surface area contributed by atoms with Gasteiger partial charge in [0.2, 0.25) is 5.91 Å². The maximum absolute atomic E-state index is 12.3. The van der Waals surface area contributed by atoms with Gasteiger partial charge in [-0.15, -0.1) is 0 Å².